The lowest BCUT2D eigenvalue weighted by molar-refractivity contribution is 0.379. The number of rotatable bonds is 2. The normalized spacial score (nSPS) is 10.3. The molecule has 0 atom stereocenters. The Bertz CT molecular complexity index is 483. The van der Waals surface area contributed by atoms with Gasteiger partial charge in [0.1, 0.15) is 5.02 Å². The Labute approximate surface area is 91.7 Å². The highest BCUT2D eigenvalue weighted by Gasteiger charge is 2.08. The Morgan fingerprint density at radius 3 is 2.87 bits per heavy atom. The second-order valence-corrected chi connectivity index (χ2v) is 3.34. The van der Waals surface area contributed by atoms with Crippen LogP contribution in [0.4, 0.5) is 0 Å². The molecule has 0 aromatic carbocycles. The Morgan fingerprint density at radius 2 is 2.27 bits per heavy atom. The number of nitrogens with zero attached hydrogens (tertiary/aromatic N) is 4. The predicted molar refractivity (Wildman–Crippen MR) is 55.5 cm³/mol. The monoisotopic (exact) mass is 224 g/mol. The fourth-order valence-electron chi connectivity index (χ4n) is 1.13. The molecule has 2 heterocycles. The van der Waals surface area contributed by atoms with Gasteiger partial charge in [0, 0.05) is 6.20 Å². The van der Waals surface area contributed by atoms with Gasteiger partial charge in [0.25, 0.3) is 0 Å². The van der Waals surface area contributed by atoms with Crippen molar-refractivity contribution in [1.29, 1.82) is 0 Å². The van der Waals surface area contributed by atoms with Crippen LogP contribution in [0.2, 0.25) is 5.02 Å². The minimum atomic E-state index is 0.266. The van der Waals surface area contributed by atoms with Crippen molar-refractivity contribution in [2.75, 3.05) is 7.11 Å². The van der Waals surface area contributed by atoms with E-state index < -0.39 is 0 Å². The molecule has 78 valence electrons. The molecule has 15 heavy (non-hydrogen) atoms. The second kappa shape index (κ2) is 3.86. The first-order valence-electron chi connectivity index (χ1n) is 4.30. The highest BCUT2D eigenvalue weighted by Crippen LogP contribution is 2.18. The number of hydrogen-bond acceptors (Lipinski definition) is 4. The van der Waals surface area contributed by atoms with Crippen molar-refractivity contribution in [3.05, 3.63) is 29.2 Å². The van der Waals surface area contributed by atoms with Gasteiger partial charge in [-0.1, -0.05) is 11.6 Å². The smallest absolute Gasteiger partial charge is 0.318 e. The summed E-state index contributed by atoms with van der Waals surface area (Å²) in [6.07, 6.45) is 3.27. The molecule has 6 heteroatoms. The largest absolute Gasteiger partial charge is 0.467 e. The molecule has 0 aliphatic rings. The second-order valence-electron chi connectivity index (χ2n) is 2.93. The lowest BCUT2D eigenvalue weighted by atomic mass is 10.5. The van der Waals surface area contributed by atoms with Crippen molar-refractivity contribution in [2.45, 2.75) is 6.92 Å². The van der Waals surface area contributed by atoms with E-state index in [9.17, 15) is 0 Å². The number of aryl methyl sites for hydroxylation is 1. The van der Waals surface area contributed by atoms with Crippen molar-refractivity contribution >= 4 is 11.6 Å². The molecule has 0 aliphatic carbocycles. The van der Waals surface area contributed by atoms with Crippen LogP contribution in [-0.2, 0) is 0 Å². The van der Waals surface area contributed by atoms with E-state index in [0.717, 1.165) is 5.69 Å². The lowest BCUT2D eigenvalue weighted by Crippen LogP contribution is -2.02. The first-order chi connectivity index (χ1) is 7.20. The highest BCUT2D eigenvalue weighted by molar-refractivity contribution is 6.32. The highest BCUT2D eigenvalue weighted by atomic mass is 35.5. The maximum Gasteiger partial charge on any atom is 0.318 e. The molecular weight excluding hydrogens is 216 g/mol. The molecule has 0 unspecified atom stereocenters. The average molecular weight is 225 g/mol. The van der Waals surface area contributed by atoms with Crippen LogP contribution in [-0.4, -0.2) is 26.9 Å². The molecule has 0 aliphatic heterocycles. The molecule has 0 bridgehead atoms. The fourth-order valence-corrected chi connectivity index (χ4v) is 1.31. The Morgan fingerprint density at radius 1 is 1.47 bits per heavy atom. The molecule has 0 N–H and O–H groups in total. The zero-order valence-electron chi connectivity index (χ0n) is 8.31. The number of hydrogen-bond donors (Lipinski definition) is 0. The first-order valence-corrected chi connectivity index (χ1v) is 4.67. The Kier molecular flexibility index (Phi) is 2.55. The summed E-state index contributed by atoms with van der Waals surface area (Å²) in [7, 11) is 1.50. The van der Waals surface area contributed by atoms with Gasteiger partial charge >= 0.3 is 6.01 Å². The summed E-state index contributed by atoms with van der Waals surface area (Å²) in [6, 6.07) is 2.13. The molecule has 2 aromatic rings. The van der Waals surface area contributed by atoms with E-state index in [1.807, 2.05) is 13.0 Å². The van der Waals surface area contributed by atoms with E-state index in [2.05, 4.69) is 15.1 Å². The van der Waals surface area contributed by atoms with Gasteiger partial charge < -0.3 is 4.74 Å². The Hall–Kier alpha value is -1.62. The summed E-state index contributed by atoms with van der Waals surface area (Å²) in [4.78, 5) is 7.99. The molecule has 0 saturated heterocycles. The predicted octanol–water partition coefficient (Wildman–Crippen LogP) is 1.63. The summed E-state index contributed by atoms with van der Waals surface area (Å²) in [5, 5.41) is 4.63. The van der Waals surface area contributed by atoms with E-state index >= 15 is 0 Å². The maximum absolute atomic E-state index is 5.96. The summed E-state index contributed by atoms with van der Waals surface area (Å²) in [6.45, 7) is 1.89. The molecule has 5 nitrogen and oxygen atoms in total. The topological polar surface area (TPSA) is 52.8 Å². The van der Waals surface area contributed by atoms with Crippen molar-refractivity contribution in [3.63, 3.8) is 0 Å². The number of ether oxygens (including phenoxy) is 1. The van der Waals surface area contributed by atoms with Crippen LogP contribution in [0.1, 0.15) is 5.69 Å². The van der Waals surface area contributed by atoms with Crippen molar-refractivity contribution in [3.8, 4) is 11.8 Å². The van der Waals surface area contributed by atoms with Gasteiger partial charge in [-0.25, -0.2) is 9.67 Å². The van der Waals surface area contributed by atoms with Gasteiger partial charge in [0.15, 0.2) is 5.82 Å². The first kappa shape index (κ1) is 9.92. The molecule has 0 fully saturated rings. The van der Waals surface area contributed by atoms with Gasteiger partial charge in [-0.05, 0) is 13.0 Å². The third-order valence-corrected chi connectivity index (χ3v) is 2.09. The molecule has 0 spiro atoms. The quantitative estimate of drug-likeness (QED) is 0.778. The van der Waals surface area contributed by atoms with Crippen LogP contribution in [0.5, 0.6) is 6.01 Å². The fraction of sp³-hybridized carbons (Fsp3) is 0.222. The van der Waals surface area contributed by atoms with Crippen LogP contribution in [0.15, 0.2) is 18.5 Å². The molecule has 2 aromatic heterocycles. The van der Waals surface area contributed by atoms with Gasteiger partial charge in [-0.2, -0.15) is 10.1 Å². The summed E-state index contributed by atoms with van der Waals surface area (Å²) < 4.78 is 6.50. The third kappa shape index (κ3) is 1.92. The third-order valence-electron chi connectivity index (χ3n) is 1.83. The minimum Gasteiger partial charge on any atom is -0.467 e. The molecule has 0 saturated carbocycles. The standard InChI is InChI=1S/C9H9ClN4O/c1-6-3-4-14(13-6)8-7(10)5-11-9(12-8)15-2/h3-5H,1-2H3. The molecular formula is C9H9ClN4O. The molecule has 2 rings (SSSR count). The lowest BCUT2D eigenvalue weighted by Gasteiger charge is -2.04. The van der Waals surface area contributed by atoms with Crippen LogP contribution < -0.4 is 4.74 Å². The summed E-state index contributed by atoms with van der Waals surface area (Å²) in [5.41, 5.74) is 0.892. The zero-order valence-corrected chi connectivity index (χ0v) is 9.06. The van der Waals surface area contributed by atoms with Gasteiger partial charge in [0.05, 0.1) is 19.0 Å². The van der Waals surface area contributed by atoms with Crippen LogP contribution in [0.3, 0.4) is 0 Å². The number of aromatic nitrogens is 4. The zero-order chi connectivity index (χ0) is 10.8. The van der Waals surface area contributed by atoms with Gasteiger partial charge in [-0.3, -0.25) is 0 Å². The minimum absolute atomic E-state index is 0.266. The molecule has 0 amide bonds. The van der Waals surface area contributed by atoms with Crippen molar-refractivity contribution < 1.29 is 4.74 Å². The summed E-state index contributed by atoms with van der Waals surface area (Å²) in [5.74, 6) is 0.511. The number of halogens is 1. The number of methoxy groups -OCH3 is 1. The maximum atomic E-state index is 5.96. The van der Waals surface area contributed by atoms with Gasteiger partial charge in [-0.15, -0.1) is 0 Å². The van der Waals surface area contributed by atoms with Crippen molar-refractivity contribution in [2.24, 2.45) is 0 Å². The van der Waals surface area contributed by atoms with E-state index in [0.29, 0.717) is 10.8 Å². The van der Waals surface area contributed by atoms with Crippen LogP contribution in [0, 0.1) is 6.92 Å². The van der Waals surface area contributed by atoms with E-state index in [-0.39, 0.29) is 6.01 Å². The summed E-state index contributed by atoms with van der Waals surface area (Å²) >= 11 is 5.96. The average Bonchev–Trinajstić information content (AvgIpc) is 2.65. The van der Waals surface area contributed by atoms with Crippen LogP contribution in [0.25, 0.3) is 5.82 Å². The van der Waals surface area contributed by atoms with Crippen LogP contribution >= 0.6 is 11.6 Å². The van der Waals surface area contributed by atoms with E-state index in [4.69, 9.17) is 16.3 Å². The van der Waals surface area contributed by atoms with Crippen molar-refractivity contribution in [1.82, 2.24) is 19.7 Å². The van der Waals surface area contributed by atoms with Gasteiger partial charge in [0.2, 0.25) is 0 Å². The van der Waals surface area contributed by atoms with E-state index in [1.165, 1.54) is 13.3 Å². The molecule has 0 radical (unpaired) electrons. The SMILES string of the molecule is COc1ncc(Cl)c(-n2ccc(C)n2)n1. The Balaban J connectivity index is 2.51. The van der Waals surface area contributed by atoms with E-state index in [1.54, 1.807) is 10.9 Å².